The molecular weight excluding hydrogens is 406 g/mol. The zero-order valence-electron chi connectivity index (χ0n) is 15.9. The maximum Gasteiger partial charge on any atom is 0.346 e. The van der Waals surface area contributed by atoms with Gasteiger partial charge in [-0.3, -0.25) is 4.79 Å². The fourth-order valence-corrected chi connectivity index (χ4v) is 5.23. The molecule has 0 fully saturated rings. The number of nitrogens with one attached hydrogen (secondary N) is 1. The Morgan fingerprint density at radius 2 is 1.86 bits per heavy atom. The van der Waals surface area contributed by atoms with Crippen molar-refractivity contribution in [2.75, 3.05) is 18.7 Å². The maximum atomic E-state index is 12.5. The summed E-state index contributed by atoms with van der Waals surface area (Å²) in [6.45, 7) is 0. The molecule has 1 aliphatic rings. The van der Waals surface area contributed by atoms with Crippen molar-refractivity contribution in [3.8, 4) is 16.9 Å². The molecule has 1 aliphatic heterocycles. The molecule has 2 N–H and O–H groups in total. The molecule has 0 saturated heterocycles. The monoisotopic (exact) mass is 425 g/mol. The lowest BCUT2D eigenvalue weighted by molar-refractivity contribution is -0.116. The molecule has 2 heterocycles. The van der Waals surface area contributed by atoms with Crippen molar-refractivity contribution >= 4 is 40.7 Å². The number of ether oxygens (including phenoxy) is 1. The number of hydrogen-bond donors (Lipinski definition) is 2. The average molecular weight is 426 g/mol. The molecule has 1 amide bonds. The number of carboxylic acid groups (broad SMARTS) is 1. The predicted molar refractivity (Wildman–Crippen MR) is 117 cm³/mol. The molecule has 5 nitrogen and oxygen atoms in total. The standard InChI is InChI=1S/C22H19NO4S2/c1-27-14-7-3-13(4-8-14)18-19-20(29-21(18)22(25)26)16(11-17(24)23-19)12-5-9-15(28-2)10-6-12/h3-10,16H,11H2,1-2H3,(H,23,24)(H,25,26)/t16-/m0/s1. The summed E-state index contributed by atoms with van der Waals surface area (Å²) < 4.78 is 5.20. The molecule has 148 valence electrons. The summed E-state index contributed by atoms with van der Waals surface area (Å²) >= 11 is 2.90. The summed E-state index contributed by atoms with van der Waals surface area (Å²) in [5.41, 5.74) is 2.91. The highest BCUT2D eigenvalue weighted by Crippen LogP contribution is 2.49. The van der Waals surface area contributed by atoms with Gasteiger partial charge >= 0.3 is 5.97 Å². The van der Waals surface area contributed by atoms with E-state index in [2.05, 4.69) is 5.32 Å². The van der Waals surface area contributed by atoms with Crippen molar-refractivity contribution in [3.05, 3.63) is 63.8 Å². The van der Waals surface area contributed by atoms with Crippen LogP contribution in [0.3, 0.4) is 0 Å². The van der Waals surface area contributed by atoms with Gasteiger partial charge in [0.2, 0.25) is 5.91 Å². The number of aromatic carboxylic acids is 1. The number of hydrogen-bond acceptors (Lipinski definition) is 5. The van der Waals surface area contributed by atoms with Crippen molar-refractivity contribution in [2.45, 2.75) is 17.2 Å². The largest absolute Gasteiger partial charge is 0.497 e. The van der Waals surface area contributed by atoms with E-state index in [1.165, 1.54) is 11.3 Å². The van der Waals surface area contributed by atoms with E-state index in [1.807, 2.05) is 42.7 Å². The number of carboxylic acids is 1. The third kappa shape index (κ3) is 3.63. The van der Waals surface area contributed by atoms with Crippen LogP contribution in [0, 0.1) is 0 Å². The summed E-state index contributed by atoms with van der Waals surface area (Å²) in [6, 6.07) is 15.3. The van der Waals surface area contributed by atoms with Crippen molar-refractivity contribution in [1.82, 2.24) is 0 Å². The number of benzene rings is 2. The van der Waals surface area contributed by atoms with Gasteiger partial charge in [0.15, 0.2) is 0 Å². The third-order valence-electron chi connectivity index (χ3n) is 5.00. The van der Waals surface area contributed by atoms with Crippen LogP contribution in [0.15, 0.2) is 53.4 Å². The quantitative estimate of drug-likeness (QED) is 0.541. The van der Waals surface area contributed by atoms with Crippen LogP contribution in [0.1, 0.15) is 32.5 Å². The highest BCUT2D eigenvalue weighted by molar-refractivity contribution is 7.98. The molecule has 4 rings (SSSR count). The third-order valence-corrected chi connectivity index (χ3v) is 7.03. The number of thioether (sulfide) groups is 1. The van der Waals surface area contributed by atoms with Crippen LogP contribution in [0.25, 0.3) is 11.1 Å². The van der Waals surface area contributed by atoms with Crippen LogP contribution >= 0.6 is 23.1 Å². The number of anilines is 1. The van der Waals surface area contributed by atoms with Crippen molar-refractivity contribution in [3.63, 3.8) is 0 Å². The number of thiophene rings is 1. The lowest BCUT2D eigenvalue weighted by atomic mass is 9.88. The molecule has 0 unspecified atom stereocenters. The normalized spacial score (nSPS) is 15.5. The Morgan fingerprint density at radius 1 is 1.17 bits per heavy atom. The van der Waals surface area contributed by atoms with Gasteiger partial charge in [-0.25, -0.2) is 4.79 Å². The van der Waals surface area contributed by atoms with Crippen LogP contribution < -0.4 is 10.1 Å². The minimum Gasteiger partial charge on any atom is -0.497 e. The molecule has 0 radical (unpaired) electrons. The average Bonchev–Trinajstić information content (AvgIpc) is 3.13. The van der Waals surface area contributed by atoms with Crippen LogP contribution in [-0.4, -0.2) is 30.3 Å². The number of amides is 1. The van der Waals surface area contributed by atoms with E-state index in [9.17, 15) is 14.7 Å². The van der Waals surface area contributed by atoms with E-state index in [4.69, 9.17) is 4.74 Å². The van der Waals surface area contributed by atoms with Gasteiger partial charge in [0.05, 0.1) is 12.8 Å². The molecule has 2 aromatic carbocycles. The molecule has 0 aliphatic carbocycles. The first-order valence-electron chi connectivity index (χ1n) is 9.00. The van der Waals surface area contributed by atoms with Gasteiger partial charge in [-0.2, -0.15) is 0 Å². The van der Waals surface area contributed by atoms with E-state index in [0.29, 0.717) is 23.4 Å². The smallest absolute Gasteiger partial charge is 0.346 e. The lowest BCUT2D eigenvalue weighted by Crippen LogP contribution is -2.22. The van der Waals surface area contributed by atoms with E-state index in [-0.39, 0.29) is 16.7 Å². The van der Waals surface area contributed by atoms with Gasteiger partial charge in [-0.05, 0) is 41.6 Å². The summed E-state index contributed by atoms with van der Waals surface area (Å²) in [5.74, 6) is -0.586. The summed E-state index contributed by atoms with van der Waals surface area (Å²) in [6.07, 6.45) is 2.31. The van der Waals surface area contributed by atoms with Crippen molar-refractivity contribution < 1.29 is 19.4 Å². The van der Waals surface area contributed by atoms with Crippen molar-refractivity contribution in [1.29, 1.82) is 0 Å². The molecule has 1 atom stereocenters. The van der Waals surface area contributed by atoms with Crippen LogP contribution in [0.4, 0.5) is 5.69 Å². The lowest BCUT2D eigenvalue weighted by Gasteiger charge is -2.24. The van der Waals surface area contributed by atoms with Gasteiger partial charge in [0, 0.05) is 27.7 Å². The van der Waals surface area contributed by atoms with Gasteiger partial charge in [0.1, 0.15) is 10.6 Å². The van der Waals surface area contributed by atoms with Gasteiger partial charge in [0.25, 0.3) is 0 Å². The predicted octanol–water partition coefficient (Wildman–Crippen LogP) is 5.32. The number of carbonyl (C=O) groups excluding carboxylic acids is 1. The zero-order valence-corrected chi connectivity index (χ0v) is 17.5. The molecule has 29 heavy (non-hydrogen) atoms. The Labute approximate surface area is 176 Å². The first-order chi connectivity index (χ1) is 14.0. The van der Waals surface area contributed by atoms with Gasteiger partial charge < -0.3 is 15.2 Å². The second kappa shape index (κ2) is 7.93. The molecular formula is C22H19NO4S2. The van der Waals surface area contributed by atoms with Gasteiger partial charge in [-0.1, -0.05) is 24.3 Å². The number of fused-ring (bicyclic) bond motifs is 1. The second-order valence-electron chi connectivity index (χ2n) is 6.66. The van der Waals surface area contributed by atoms with Crippen LogP contribution in [-0.2, 0) is 4.79 Å². The number of rotatable bonds is 5. The Hall–Kier alpha value is -2.77. The first kappa shape index (κ1) is 19.5. The number of carbonyl (C=O) groups is 2. The van der Waals surface area contributed by atoms with E-state index in [0.717, 1.165) is 20.9 Å². The maximum absolute atomic E-state index is 12.5. The minimum absolute atomic E-state index is 0.110. The van der Waals surface area contributed by atoms with Crippen LogP contribution in [0.2, 0.25) is 0 Å². The zero-order chi connectivity index (χ0) is 20.5. The first-order valence-corrected chi connectivity index (χ1v) is 11.0. The van der Waals surface area contributed by atoms with Gasteiger partial charge in [-0.15, -0.1) is 23.1 Å². The SMILES string of the molecule is COc1ccc(-c2c(C(=O)O)sc3c2NC(=O)C[C@H]3c2ccc(SC)cc2)cc1. The highest BCUT2D eigenvalue weighted by Gasteiger charge is 2.34. The molecule has 3 aromatic rings. The summed E-state index contributed by atoms with van der Waals surface area (Å²) in [5, 5.41) is 12.8. The Kier molecular flexibility index (Phi) is 5.34. The fourth-order valence-electron chi connectivity index (χ4n) is 3.58. The molecule has 0 spiro atoms. The highest BCUT2D eigenvalue weighted by atomic mass is 32.2. The summed E-state index contributed by atoms with van der Waals surface area (Å²) in [4.78, 5) is 26.8. The van der Waals surface area contributed by atoms with Crippen LogP contribution in [0.5, 0.6) is 5.75 Å². The van der Waals surface area contributed by atoms with E-state index in [1.54, 1.807) is 31.0 Å². The van der Waals surface area contributed by atoms with E-state index < -0.39 is 5.97 Å². The number of methoxy groups -OCH3 is 1. The van der Waals surface area contributed by atoms with E-state index >= 15 is 0 Å². The van der Waals surface area contributed by atoms with Crippen molar-refractivity contribution in [2.24, 2.45) is 0 Å². The summed E-state index contributed by atoms with van der Waals surface area (Å²) in [7, 11) is 1.58. The molecule has 0 saturated carbocycles. The Bertz CT molecular complexity index is 1070. The fraction of sp³-hybridized carbons (Fsp3) is 0.182. The minimum atomic E-state index is -0.999. The second-order valence-corrected chi connectivity index (χ2v) is 8.59. The Balaban J connectivity index is 1.87. The topological polar surface area (TPSA) is 75.6 Å². The molecule has 1 aromatic heterocycles. The Morgan fingerprint density at radius 3 is 2.45 bits per heavy atom. The molecule has 7 heteroatoms. The molecule has 0 bridgehead atoms.